The Hall–Kier alpha value is 0.531. The Morgan fingerprint density at radius 2 is 1.15 bits per heavy atom. The van der Waals surface area contributed by atoms with Crippen LogP contribution in [0.2, 0.25) is 58.9 Å². The maximum Gasteiger partial charge on any atom is 0.184 e. The SMILES string of the molecule is C[C@]12CCC3C(CC[C@H]4C[C@H](O[Si](C)(C)C)[C@@H](O[Si](C)(C)C)C[C@]34C)C1CC[C@@H]2O[Si](C)(C)C. The number of fused-ring (bicyclic) bond motifs is 5. The number of hydrogen-bond donors (Lipinski definition) is 0. The van der Waals surface area contributed by atoms with Crippen molar-refractivity contribution in [1.29, 1.82) is 0 Å². The Kier molecular flexibility index (Phi) is 7.36. The highest BCUT2D eigenvalue weighted by atomic mass is 28.4. The standard InChI is InChI=1S/C28H56O3Si3/c1-27-17-16-23-21(22(27)14-15-26(27)31-34(9,10)11)13-12-20-18-24(29-32(3,4)5)25(19-28(20,23)2)30-33(6,7)8/h20-26H,12-19H2,1-11H3/t20-,21?,22?,23?,24-,25-,26-,27-,28-/m0/s1. The van der Waals surface area contributed by atoms with Gasteiger partial charge in [-0.3, -0.25) is 0 Å². The summed E-state index contributed by atoms with van der Waals surface area (Å²) < 4.78 is 20.6. The molecule has 0 radical (unpaired) electrons. The summed E-state index contributed by atoms with van der Waals surface area (Å²) in [4.78, 5) is 0. The van der Waals surface area contributed by atoms with E-state index in [2.05, 4.69) is 72.8 Å². The van der Waals surface area contributed by atoms with Gasteiger partial charge in [0.25, 0.3) is 0 Å². The molecule has 4 aliphatic carbocycles. The second kappa shape index (κ2) is 9.07. The van der Waals surface area contributed by atoms with Crippen LogP contribution in [0.3, 0.4) is 0 Å². The summed E-state index contributed by atoms with van der Waals surface area (Å²) in [5, 5.41) is 0. The van der Waals surface area contributed by atoms with Crippen LogP contribution in [0.1, 0.15) is 65.2 Å². The van der Waals surface area contributed by atoms with Gasteiger partial charge in [-0.1, -0.05) is 13.8 Å². The van der Waals surface area contributed by atoms with Crippen LogP contribution in [-0.4, -0.2) is 43.3 Å². The molecule has 6 heteroatoms. The number of rotatable bonds is 6. The van der Waals surface area contributed by atoms with Crippen molar-refractivity contribution in [3.63, 3.8) is 0 Å². The fourth-order valence-corrected chi connectivity index (χ4v) is 12.5. The molecule has 0 spiro atoms. The van der Waals surface area contributed by atoms with E-state index in [1.807, 2.05) is 0 Å². The van der Waals surface area contributed by atoms with E-state index in [0.29, 0.717) is 29.1 Å². The molecule has 4 rings (SSSR count). The first-order chi connectivity index (χ1) is 15.4. The Labute approximate surface area is 214 Å². The van der Waals surface area contributed by atoms with E-state index < -0.39 is 25.0 Å². The van der Waals surface area contributed by atoms with Crippen LogP contribution in [0.15, 0.2) is 0 Å². The van der Waals surface area contributed by atoms with Crippen LogP contribution in [0.4, 0.5) is 0 Å². The van der Waals surface area contributed by atoms with E-state index in [4.69, 9.17) is 13.3 Å². The third-order valence-corrected chi connectivity index (χ3v) is 13.1. The van der Waals surface area contributed by atoms with E-state index in [0.717, 1.165) is 23.7 Å². The average Bonchev–Trinajstić information content (AvgIpc) is 2.95. The molecule has 0 saturated heterocycles. The second-order valence-corrected chi connectivity index (χ2v) is 29.4. The topological polar surface area (TPSA) is 27.7 Å². The van der Waals surface area contributed by atoms with Crippen LogP contribution < -0.4 is 0 Å². The van der Waals surface area contributed by atoms with Gasteiger partial charge in [0.05, 0.1) is 18.3 Å². The summed E-state index contributed by atoms with van der Waals surface area (Å²) in [7, 11) is -4.76. The van der Waals surface area contributed by atoms with Crippen molar-refractivity contribution in [2.24, 2.45) is 34.5 Å². The lowest BCUT2D eigenvalue weighted by atomic mass is 9.45. The van der Waals surface area contributed by atoms with Crippen molar-refractivity contribution in [2.75, 3.05) is 0 Å². The van der Waals surface area contributed by atoms with Gasteiger partial charge in [-0.15, -0.1) is 0 Å². The van der Waals surface area contributed by atoms with Gasteiger partial charge < -0.3 is 13.3 Å². The molecule has 4 aliphatic rings. The minimum atomic E-state index is -1.64. The highest BCUT2D eigenvalue weighted by Gasteiger charge is 2.62. The Bertz CT molecular complexity index is 739. The predicted octanol–water partition coefficient (Wildman–Crippen LogP) is 8.30. The van der Waals surface area contributed by atoms with E-state index in [1.165, 1.54) is 51.4 Å². The van der Waals surface area contributed by atoms with Crippen LogP contribution in [0.5, 0.6) is 0 Å². The van der Waals surface area contributed by atoms with Crippen LogP contribution in [0, 0.1) is 34.5 Å². The van der Waals surface area contributed by atoms with Gasteiger partial charge in [0, 0.05) is 0 Å². The Balaban J connectivity index is 1.57. The van der Waals surface area contributed by atoms with Crippen molar-refractivity contribution >= 4 is 25.0 Å². The molecule has 0 aromatic rings. The normalized spacial score (nSPS) is 45.4. The molecule has 4 fully saturated rings. The van der Waals surface area contributed by atoms with E-state index >= 15 is 0 Å². The van der Waals surface area contributed by atoms with Crippen molar-refractivity contribution in [2.45, 2.75) is 142 Å². The second-order valence-electron chi connectivity index (χ2n) is 16.0. The van der Waals surface area contributed by atoms with Crippen molar-refractivity contribution in [3.05, 3.63) is 0 Å². The summed E-state index contributed by atoms with van der Waals surface area (Å²) in [6, 6.07) is 0. The monoisotopic (exact) mass is 524 g/mol. The number of hydrogen-bond acceptors (Lipinski definition) is 3. The zero-order chi connectivity index (χ0) is 25.3. The Morgan fingerprint density at radius 3 is 1.74 bits per heavy atom. The molecule has 0 amide bonds. The summed E-state index contributed by atoms with van der Waals surface area (Å²) in [5.41, 5.74) is 0.808. The van der Waals surface area contributed by atoms with Gasteiger partial charge >= 0.3 is 0 Å². The molecule has 34 heavy (non-hydrogen) atoms. The highest BCUT2D eigenvalue weighted by molar-refractivity contribution is 6.70. The van der Waals surface area contributed by atoms with Gasteiger partial charge in [0.15, 0.2) is 25.0 Å². The molecule has 0 heterocycles. The highest BCUT2D eigenvalue weighted by Crippen LogP contribution is 2.67. The lowest BCUT2D eigenvalue weighted by Crippen LogP contribution is -2.59. The molecule has 0 N–H and O–H groups in total. The minimum Gasteiger partial charge on any atom is -0.414 e. The lowest BCUT2D eigenvalue weighted by molar-refractivity contribution is -0.155. The van der Waals surface area contributed by atoms with E-state index in [9.17, 15) is 0 Å². The molecular formula is C28H56O3Si3. The van der Waals surface area contributed by atoms with Gasteiger partial charge in [-0.25, -0.2) is 0 Å². The molecule has 198 valence electrons. The van der Waals surface area contributed by atoms with Gasteiger partial charge in [-0.2, -0.15) is 0 Å². The molecule has 9 atom stereocenters. The first-order valence-corrected chi connectivity index (χ1v) is 24.7. The largest absolute Gasteiger partial charge is 0.414 e. The molecular weight excluding hydrogens is 469 g/mol. The zero-order valence-electron chi connectivity index (χ0n) is 24.4. The lowest BCUT2D eigenvalue weighted by Gasteiger charge is -2.62. The van der Waals surface area contributed by atoms with Crippen LogP contribution in [-0.2, 0) is 13.3 Å². The molecule has 0 aliphatic heterocycles. The predicted molar refractivity (Wildman–Crippen MR) is 152 cm³/mol. The van der Waals surface area contributed by atoms with Crippen LogP contribution >= 0.6 is 0 Å². The zero-order valence-corrected chi connectivity index (χ0v) is 27.4. The minimum absolute atomic E-state index is 0.290. The van der Waals surface area contributed by atoms with Crippen molar-refractivity contribution in [1.82, 2.24) is 0 Å². The molecule has 3 unspecified atom stereocenters. The molecule has 0 aromatic heterocycles. The summed E-state index contributed by atoms with van der Waals surface area (Å²) in [6.45, 7) is 26.5. The maximum atomic E-state index is 6.93. The van der Waals surface area contributed by atoms with Gasteiger partial charge in [-0.05, 0) is 145 Å². The summed E-state index contributed by atoms with van der Waals surface area (Å²) >= 11 is 0. The molecule has 4 saturated carbocycles. The molecule has 0 bridgehead atoms. The molecule has 0 aromatic carbocycles. The van der Waals surface area contributed by atoms with Crippen molar-refractivity contribution in [3.8, 4) is 0 Å². The third-order valence-electron chi connectivity index (χ3n) is 10.1. The van der Waals surface area contributed by atoms with Crippen molar-refractivity contribution < 1.29 is 13.3 Å². The first kappa shape index (κ1) is 27.6. The van der Waals surface area contributed by atoms with Crippen LogP contribution in [0.25, 0.3) is 0 Å². The molecule has 3 nitrogen and oxygen atoms in total. The van der Waals surface area contributed by atoms with Gasteiger partial charge in [0.1, 0.15) is 0 Å². The quantitative estimate of drug-likeness (QED) is 0.327. The maximum absolute atomic E-state index is 6.93. The van der Waals surface area contributed by atoms with E-state index in [1.54, 1.807) is 0 Å². The summed E-state index contributed by atoms with van der Waals surface area (Å²) in [5.74, 6) is 3.40. The fraction of sp³-hybridized carbons (Fsp3) is 1.00. The summed E-state index contributed by atoms with van der Waals surface area (Å²) in [6.07, 6.45) is 11.8. The smallest absolute Gasteiger partial charge is 0.184 e. The first-order valence-electron chi connectivity index (χ1n) is 14.4. The fourth-order valence-electron chi connectivity index (χ4n) is 8.96. The van der Waals surface area contributed by atoms with E-state index in [-0.39, 0.29) is 0 Å². The average molecular weight is 525 g/mol. The Morgan fingerprint density at radius 1 is 0.588 bits per heavy atom. The third kappa shape index (κ3) is 5.52. The van der Waals surface area contributed by atoms with Gasteiger partial charge in [0.2, 0.25) is 0 Å².